The number of benzene rings is 4. The molecule has 54 heavy (non-hydrogen) atoms. The molecule has 0 spiro atoms. The van der Waals surface area contributed by atoms with Gasteiger partial charge in [-0.15, -0.1) is 0 Å². The molecule has 16 nitrogen and oxygen atoms in total. The molecule has 0 aliphatic heterocycles. The number of aromatic amines is 2. The van der Waals surface area contributed by atoms with Crippen LogP contribution in [0, 0.1) is 34.1 Å². The second-order valence-corrected chi connectivity index (χ2v) is 11.9. The van der Waals surface area contributed by atoms with E-state index in [9.17, 15) is 29.8 Å². The Hall–Kier alpha value is -7.10. The number of ether oxygens (including phenoxy) is 5. The van der Waals surface area contributed by atoms with E-state index in [1.807, 2.05) is 13.8 Å². The van der Waals surface area contributed by atoms with Crippen LogP contribution in [0.2, 0.25) is 0 Å². The number of aromatic nitrogens is 2. The first kappa shape index (κ1) is 38.1. The van der Waals surface area contributed by atoms with E-state index in [-0.39, 0.29) is 47.4 Å². The summed E-state index contributed by atoms with van der Waals surface area (Å²) in [5, 5.41) is 33.0. The summed E-state index contributed by atoms with van der Waals surface area (Å²) in [5.74, 6) is 0.0940. The molecule has 0 saturated carbocycles. The van der Waals surface area contributed by atoms with Gasteiger partial charge in [0.2, 0.25) is 11.5 Å². The van der Waals surface area contributed by atoms with Crippen molar-refractivity contribution in [3.63, 3.8) is 0 Å². The number of nitro groups is 2. The summed E-state index contributed by atoms with van der Waals surface area (Å²) >= 11 is 0. The average molecular weight is 741 g/mol. The fourth-order valence-electron chi connectivity index (χ4n) is 5.76. The van der Waals surface area contributed by atoms with Crippen molar-refractivity contribution < 1.29 is 48.2 Å². The van der Waals surface area contributed by atoms with E-state index in [2.05, 4.69) is 9.97 Å². The van der Waals surface area contributed by atoms with Gasteiger partial charge in [-0.05, 0) is 92.6 Å². The maximum absolute atomic E-state index is 11.7. The van der Waals surface area contributed by atoms with Crippen LogP contribution in [0.1, 0.15) is 29.4 Å². The van der Waals surface area contributed by atoms with Crippen LogP contribution in [-0.4, -0.2) is 57.7 Å². The number of nitrogens with one attached hydrogen (secondary N) is 2. The molecule has 16 heteroatoms. The van der Waals surface area contributed by atoms with E-state index in [0.29, 0.717) is 56.8 Å². The highest BCUT2D eigenvalue weighted by Gasteiger charge is 2.24. The molecule has 0 radical (unpaired) electrons. The van der Waals surface area contributed by atoms with Crippen LogP contribution in [0.15, 0.2) is 72.8 Å². The van der Waals surface area contributed by atoms with E-state index in [1.165, 1.54) is 32.4 Å². The summed E-state index contributed by atoms with van der Waals surface area (Å²) in [6, 6.07) is 19.5. The van der Waals surface area contributed by atoms with Gasteiger partial charge in [-0.1, -0.05) is 12.1 Å². The zero-order chi connectivity index (χ0) is 39.1. The lowest BCUT2D eigenvalue weighted by Crippen LogP contribution is -2.07. The highest BCUT2D eigenvalue weighted by atomic mass is 16.6. The number of carbonyl (C=O) groups is 2. The predicted molar refractivity (Wildman–Crippen MR) is 197 cm³/mol. The number of hydrogen-bond acceptors (Lipinski definition) is 11. The lowest BCUT2D eigenvalue weighted by Gasteiger charge is -2.12. The van der Waals surface area contributed by atoms with Gasteiger partial charge in [0, 0.05) is 11.4 Å². The second-order valence-electron chi connectivity index (χ2n) is 11.9. The Morgan fingerprint density at radius 2 is 1.07 bits per heavy atom. The molecule has 0 fully saturated rings. The number of nitrogens with zero attached hydrogens (tertiary/aromatic N) is 2. The van der Waals surface area contributed by atoms with E-state index < -0.39 is 15.8 Å². The van der Waals surface area contributed by atoms with Gasteiger partial charge < -0.3 is 38.8 Å². The third-order valence-electron chi connectivity index (χ3n) is 8.02. The number of aryl methyl sites for hydroxylation is 2. The Morgan fingerprint density at radius 1 is 0.648 bits per heavy atom. The van der Waals surface area contributed by atoms with Gasteiger partial charge in [0.1, 0.15) is 0 Å². The number of esters is 1. The van der Waals surface area contributed by atoms with Crippen molar-refractivity contribution in [2.45, 2.75) is 33.6 Å². The lowest BCUT2D eigenvalue weighted by molar-refractivity contribution is -0.383. The Labute approximate surface area is 307 Å². The molecule has 0 amide bonds. The largest absolute Gasteiger partial charge is 0.493 e. The van der Waals surface area contributed by atoms with Gasteiger partial charge in [-0.2, -0.15) is 0 Å². The number of carbonyl (C=O) groups excluding carboxylic acids is 1. The lowest BCUT2D eigenvalue weighted by atomic mass is 10.1. The average Bonchev–Trinajstić information content (AvgIpc) is 3.69. The molecule has 4 aromatic carbocycles. The SMILES string of the molecule is CCOC(=O)Cc1ccc(Oc2ccc3[nH]c(C)cc3c2[N+](=O)[O-])c(OC)c1.COc1cc(CC(=O)O)ccc1Oc1ccc2[nH]c(C)cc2c1[N+](=O)[O-]. The van der Waals surface area contributed by atoms with Crippen LogP contribution in [-0.2, 0) is 27.2 Å². The number of carboxylic acids is 1. The number of rotatable bonds is 13. The smallest absolute Gasteiger partial charge is 0.320 e. The third kappa shape index (κ3) is 8.67. The highest BCUT2D eigenvalue weighted by Crippen LogP contribution is 2.42. The minimum Gasteiger partial charge on any atom is -0.493 e. The number of carboxylic acid groups (broad SMARTS) is 1. The first-order chi connectivity index (χ1) is 25.8. The van der Waals surface area contributed by atoms with Crippen molar-refractivity contribution >= 4 is 45.1 Å². The highest BCUT2D eigenvalue weighted by molar-refractivity contribution is 5.93. The van der Waals surface area contributed by atoms with Crippen molar-refractivity contribution in [2.24, 2.45) is 0 Å². The molecule has 0 bridgehead atoms. The molecule has 6 rings (SSSR count). The minimum absolute atomic E-state index is 0.0748. The molecule has 0 atom stereocenters. The van der Waals surface area contributed by atoms with Crippen LogP contribution in [0.5, 0.6) is 34.5 Å². The summed E-state index contributed by atoms with van der Waals surface area (Å²) < 4.78 is 27.1. The van der Waals surface area contributed by atoms with Gasteiger partial charge in [-0.25, -0.2) is 0 Å². The van der Waals surface area contributed by atoms with Gasteiger partial charge >= 0.3 is 23.3 Å². The summed E-state index contributed by atoms with van der Waals surface area (Å²) in [7, 11) is 2.88. The molecule has 0 aliphatic rings. The van der Waals surface area contributed by atoms with Crippen LogP contribution >= 0.6 is 0 Å². The minimum atomic E-state index is -0.968. The first-order valence-electron chi connectivity index (χ1n) is 16.4. The second kappa shape index (κ2) is 16.5. The summed E-state index contributed by atoms with van der Waals surface area (Å²) in [6.07, 6.45) is -0.0649. The molecular formula is C38H36N4O12. The summed E-state index contributed by atoms with van der Waals surface area (Å²) in [4.78, 5) is 50.9. The maximum Gasteiger partial charge on any atom is 0.320 e. The van der Waals surface area contributed by atoms with Gasteiger partial charge in [-0.3, -0.25) is 29.8 Å². The van der Waals surface area contributed by atoms with Crippen molar-refractivity contribution in [1.29, 1.82) is 0 Å². The number of aliphatic carboxylic acids is 1. The number of hydrogen-bond donors (Lipinski definition) is 3. The maximum atomic E-state index is 11.7. The molecular weight excluding hydrogens is 704 g/mol. The fraction of sp³-hybridized carbons (Fsp3) is 0.211. The Morgan fingerprint density at radius 3 is 1.46 bits per heavy atom. The Balaban J connectivity index is 0.000000208. The van der Waals surface area contributed by atoms with Crippen LogP contribution in [0.4, 0.5) is 11.4 Å². The Kier molecular flexibility index (Phi) is 11.6. The molecule has 2 heterocycles. The van der Waals surface area contributed by atoms with E-state index >= 15 is 0 Å². The topological polar surface area (TPSA) is 218 Å². The van der Waals surface area contributed by atoms with Crippen LogP contribution < -0.4 is 18.9 Å². The quantitative estimate of drug-likeness (QED) is 0.0581. The zero-order valence-corrected chi connectivity index (χ0v) is 29.9. The van der Waals surface area contributed by atoms with Gasteiger partial charge in [0.15, 0.2) is 23.0 Å². The van der Waals surface area contributed by atoms with Crippen molar-refractivity contribution in [3.8, 4) is 34.5 Å². The van der Waals surface area contributed by atoms with Crippen LogP contribution in [0.3, 0.4) is 0 Å². The molecule has 0 saturated heterocycles. The number of fused-ring (bicyclic) bond motifs is 2. The van der Waals surface area contributed by atoms with Gasteiger partial charge in [0.25, 0.3) is 0 Å². The van der Waals surface area contributed by atoms with E-state index in [1.54, 1.807) is 61.5 Å². The molecule has 0 aliphatic carbocycles. The third-order valence-corrected chi connectivity index (χ3v) is 8.02. The number of nitro benzene ring substituents is 2. The first-order valence-corrected chi connectivity index (χ1v) is 16.4. The van der Waals surface area contributed by atoms with Crippen molar-refractivity contribution in [2.75, 3.05) is 20.8 Å². The molecule has 0 unspecified atom stereocenters. The monoisotopic (exact) mass is 740 g/mol. The van der Waals surface area contributed by atoms with E-state index in [0.717, 1.165) is 11.4 Å². The number of H-pyrrole nitrogens is 2. The summed E-state index contributed by atoms with van der Waals surface area (Å²) in [5.41, 5.74) is 3.87. The van der Waals surface area contributed by atoms with Crippen LogP contribution in [0.25, 0.3) is 21.8 Å². The molecule has 280 valence electrons. The van der Waals surface area contributed by atoms with Crippen molar-refractivity contribution in [3.05, 3.63) is 116 Å². The Bertz CT molecular complexity index is 2380. The predicted octanol–water partition coefficient (Wildman–Crippen LogP) is 8.10. The summed E-state index contributed by atoms with van der Waals surface area (Å²) in [6.45, 7) is 5.69. The van der Waals surface area contributed by atoms with E-state index in [4.69, 9.17) is 28.8 Å². The van der Waals surface area contributed by atoms with Crippen molar-refractivity contribution in [1.82, 2.24) is 9.97 Å². The molecule has 6 aromatic rings. The zero-order valence-electron chi connectivity index (χ0n) is 29.9. The number of methoxy groups -OCH3 is 2. The normalized spacial score (nSPS) is 10.7. The standard InChI is InChI=1S/C20H20N2O6.C18H16N2O6/c1-4-27-19(23)11-13-5-7-16(18(10-13)26-3)28-17-8-6-15-14(9-12(2)21-15)20(17)22(24)25;1-10-7-12-13(19-10)4-6-15(18(12)20(23)24)26-14-5-3-11(9-17(21)22)8-16(14)25-2/h5-10,21H,4,11H2,1-3H3;3-8,19H,9H2,1-2H3,(H,21,22). The molecule has 2 aromatic heterocycles. The molecule has 3 N–H and O–H groups in total. The van der Waals surface area contributed by atoms with Gasteiger partial charge in [0.05, 0.1) is 65.3 Å². The fourth-order valence-corrected chi connectivity index (χ4v) is 5.76.